The van der Waals surface area contributed by atoms with E-state index in [0.29, 0.717) is 19.4 Å². The Balaban J connectivity index is 2.14. The van der Waals surface area contributed by atoms with Gasteiger partial charge in [0.05, 0.1) is 0 Å². The van der Waals surface area contributed by atoms with Crippen molar-refractivity contribution in [3.8, 4) is 0 Å². The lowest BCUT2D eigenvalue weighted by Gasteiger charge is -2.38. The predicted molar refractivity (Wildman–Crippen MR) is 69.9 cm³/mol. The van der Waals surface area contributed by atoms with Crippen LogP contribution in [0.3, 0.4) is 0 Å². The first-order valence-corrected chi connectivity index (χ1v) is 6.43. The summed E-state index contributed by atoms with van der Waals surface area (Å²) in [5.41, 5.74) is 1.11. The average molecular weight is 245 g/mol. The zero-order valence-electron chi connectivity index (χ0n) is 10.9. The van der Waals surface area contributed by atoms with Gasteiger partial charge in [0.1, 0.15) is 5.78 Å². The smallest absolute Gasteiger partial charge is 0.223 e. The van der Waals surface area contributed by atoms with E-state index in [2.05, 4.69) is 0 Å². The molecule has 0 aromatic heterocycles. The van der Waals surface area contributed by atoms with Crippen molar-refractivity contribution in [1.82, 2.24) is 4.90 Å². The zero-order valence-corrected chi connectivity index (χ0v) is 10.9. The average Bonchev–Trinajstić information content (AvgIpc) is 2.35. The number of ketones is 1. The van der Waals surface area contributed by atoms with Gasteiger partial charge in [0, 0.05) is 24.9 Å². The van der Waals surface area contributed by atoms with E-state index in [1.807, 2.05) is 42.2 Å². The Bertz CT molecular complexity index is 441. The minimum absolute atomic E-state index is 0.00366. The van der Waals surface area contributed by atoms with Crippen LogP contribution in [0.4, 0.5) is 0 Å². The molecule has 1 saturated heterocycles. The Labute approximate surface area is 108 Å². The van der Waals surface area contributed by atoms with Gasteiger partial charge in [-0.1, -0.05) is 30.3 Å². The van der Waals surface area contributed by atoms with Gasteiger partial charge in [0.2, 0.25) is 5.91 Å². The molecule has 96 valence electrons. The van der Waals surface area contributed by atoms with Crippen LogP contribution in [-0.2, 0) is 16.1 Å². The van der Waals surface area contributed by atoms with Crippen LogP contribution in [0.5, 0.6) is 0 Å². The van der Waals surface area contributed by atoms with Crippen molar-refractivity contribution in [3.05, 3.63) is 35.9 Å². The molecule has 0 aliphatic carbocycles. The molecule has 1 heterocycles. The van der Waals surface area contributed by atoms with E-state index in [1.54, 1.807) is 6.92 Å². The molecule has 1 aromatic rings. The minimum Gasteiger partial charge on any atom is -0.335 e. The van der Waals surface area contributed by atoms with Gasteiger partial charge in [-0.05, 0) is 25.8 Å². The molecule has 0 N–H and O–H groups in total. The first-order chi connectivity index (χ1) is 8.59. The third-order valence-corrected chi connectivity index (χ3v) is 3.78. The van der Waals surface area contributed by atoms with Gasteiger partial charge in [-0.3, -0.25) is 9.59 Å². The van der Waals surface area contributed by atoms with Crippen molar-refractivity contribution in [1.29, 1.82) is 0 Å². The maximum Gasteiger partial charge on any atom is 0.223 e. The van der Waals surface area contributed by atoms with Gasteiger partial charge >= 0.3 is 0 Å². The highest BCUT2D eigenvalue weighted by molar-refractivity contribution is 5.84. The molecular formula is C15H19NO2. The molecule has 3 heteroatoms. The molecule has 3 nitrogen and oxygen atoms in total. The van der Waals surface area contributed by atoms with Crippen molar-refractivity contribution in [2.45, 2.75) is 39.3 Å². The summed E-state index contributed by atoms with van der Waals surface area (Å²) in [7, 11) is 0. The highest BCUT2D eigenvalue weighted by Gasteiger charge is 2.34. The lowest BCUT2D eigenvalue weighted by atomic mass is 9.86. The summed E-state index contributed by atoms with van der Waals surface area (Å²) in [5, 5.41) is 0. The van der Waals surface area contributed by atoms with E-state index < -0.39 is 0 Å². The highest BCUT2D eigenvalue weighted by atomic mass is 16.2. The Morgan fingerprint density at radius 1 is 1.33 bits per heavy atom. The number of likely N-dealkylation sites (tertiary alicyclic amines) is 1. The molecule has 1 amide bonds. The summed E-state index contributed by atoms with van der Waals surface area (Å²) in [4.78, 5) is 25.4. The quantitative estimate of drug-likeness (QED) is 0.820. The predicted octanol–water partition coefficient (Wildman–Crippen LogP) is 2.40. The van der Waals surface area contributed by atoms with E-state index in [9.17, 15) is 9.59 Å². The monoisotopic (exact) mass is 245 g/mol. The van der Waals surface area contributed by atoms with Crippen LogP contribution in [0, 0.1) is 5.92 Å². The number of amides is 1. The fourth-order valence-electron chi connectivity index (χ4n) is 2.66. The fourth-order valence-corrected chi connectivity index (χ4v) is 2.66. The number of hydrogen-bond donors (Lipinski definition) is 0. The molecule has 0 saturated carbocycles. The van der Waals surface area contributed by atoms with Crippen LogP contribution in [0.25, 0.3) is 0 Å². The van der Waals surface area contributed by atoms with Crippen molar-refractivity contribution in [3.63, 3.8) is 0 Å². The number of piperidine rings is 1. The van der Waals surface area contributed by atoms with Crippen LogP contribution in [0.15, 0.2) is 30.3 Å². The number of carbonyl (C=O) groups is 2. The third-order valence-electron chi connectivity index (χ3n) is 3.78. The minimum atomic E-state index is -0.00795. The van der Waals surface area contributed by atoms with Gasteiger partial charge in [0.15, 0.2) is 0 Å². The SMILES string of the molecule is CC(=O)[C@H]1CCC(=O)N(Cc2ccccc2)[C@H]1C. The number of Topliss-reactive ketones (excluding diaryl/α,β-unsaturated/α-hetero) is 1. The lowest BCUT2D eigenvalue weighted by molar-refractivity contribution is -0.141. The first kappa shape index (κ1) is 12.8. The molecule has 0 unspecified atom stereocenters. The van der Waals surface area contributed by atoms with E-state index in [0.717, 1.165) is 5.56 Å². The van der Waals surface area contributed by atoms with Crippen LogP contribution in [0.1, 0.15) is 32.3 Å². The normalized spacial score (nSPS) is 24.1. The zero-order chi connectivity index (χ0) is 13.1. The second-order valence-electron chi connectivity index (χ2n) is 5.00. The number of carbonyl (C=O) groups excluding carboxylic acids is 2. The Morgan fingerprint density at radius 2 is 2.00 bits per heavy atom. The second-order valence-corrected chi connectivity index (χ2v) is 5.00. The van der Waals surface area contributed by atoms with Crippen LogP contribution in [0.2, 0.25) is 0 Å². The van der Waals surface area contributed by atoms with Gasteiger partial charge in [0.25, 0.3) is 0 Å². The summed E-state index contributed by atoms with van der Waals surface area (Å²) in [6.45, 7) is 4.20. The van der Waals surface area contributed by atoms with Crippen molar-refractivity contribution < 1.29 is 9.59 Å². The first-order valence-electron chi connectivity index (χ1n) is 6.43. The number of rotatable bonds is 3. The molecule has 2 rings (SSSR count). The number of hydrogen-bond acceptors (Lipinski definition) is 2. The van der Waals surface area contributed by atoms with E-state index >= 15 is 0 Å². The molecule has 0 spiro atoms. The maximum atomic E-state index is 12.0. The number of benzene rings is 1. The lowest BCUT2D eigenvalue weighted by Crippen LogP contribution is -2.48. The van der Waals surface area contributed by atoms with Crippen molar-refractivity contribution >= 4 is 11.7 Å². The van der Waals surface area contributed by atoms with Crippen molar-refractivity contribution in [2.75, 3.05) is 0 Å². The summed E-state index contributed by atoms with van der Waals surface area (Å²) >= 11 is 0. The standard InChI is InChI=1S/C15H19NO2/c1-11-14(12(2)17)8-9-15(18)16(11)10-13-6-4-3-5-7-13/h3-7,11,14H,8-10H2,1-2H3/t11-,14-/m0/s1. The Morgan fingerprint density at radius 3 is 2.61 bits per heavy atom. The summed E-state index contributed by atoms with van der Waals surface area (Å²) in [6.07, 6.45) is 1.18. The number of nitrogens with zero attached hydrogens (tertiary/aromatic N) is 1. The van der Waals surface area contributed by atoms with E-state index in [4.69, 9.17) is 0 Å². The molecule has 1 aliphatic heterocycles. The summed E-state index contributed by atoms with van der Waals surface area (Å²) in [6, 6.07) is 9.93. The molecule has 1 fully saturated rings. The molecule has 1 aromatic carbocycles. The van der Waals surface area contributed by atoms with Crippen LogP contribution in [-0.4, -0.2) is 22.6 Å². The highest BCUT2D eigenvalue weighted by Crippen LogP contribution is 2.26. The van der Waals surface area contributed by atoms with E-state index in [1.165, 1.54) is 0 Å². The van der Waals surface area contributed by atoms with Crippen LogP contribution >= 0.6 is 0 Å². The summed E-state index contributed by atoms with van der Waals surface area (Å²) in [5.74, 6) is 0.336. The Hall–Kier alpha value is -1.64. The van der Waals surface area contributed by atoms with Gasteiger partial charge in [-0.15, -0.1) is 0 Å². The fraction of sp³-hybridized carbons (Fsp3) is 0.467. The second kappa shape index (κ2) is 5.34. The maximum absolute atomic E-state index is 12.0. The van der Waals surface area contributed by atoms with E-state index in [-0.39, 0.29) is 23.7 Å². The largest absolute Gasteiger partial charge is 0.335 e. The molecule has 0 bridgehead atoms. The third kappa shape index (κ3) is 2.61. The molecular weight excluding hydrogens is 226 g/mol. The molecule has 18 heavy (non-hydrogen) atoms. The molecule has 1 aliphatic rings. The molecule has 2 atom stereocenters. The van der Waals surface area contributed by atoms with Gasteiger partial charge in [-0.2, -0.15) is 0 Å². The van der Waals surface area contributed by atoms with Crippen molar-refractivity contribution in [2.24, 2.45) is 5.92 Å². The van der Waals surface area contributed by atoms with Gasteiger partial charge < -0.3 is 4.90 Å². The summed E-state index contributed by atoms with van der Waals surface area (Å²) < 4.78 is 0. The molecule has 0 radical (unpaired) electrons. The Kier molecular flexibility index (Phi) is 3.80. The van der Waals surface area contributed by atoms with Crippen LogP contribution < -0.4 is 0 Å². The van der Waals surface area contributed by atoms with Gasteiger partial charge in [-0.25, -0.2) is 0 Å². The topological polar surface area (TPSA) is 37.4 Å².